The number of amides is 2. The van der Waals surface area contributed by atoms with Gasteiger partial charge in [0.25, 0.3) is 0 Å². The monoisotopic (exact) mass is 230 g/mol. The van der Waals surface area contributed by atoms with E-state index in [0.717, 1.165) is 6.26 Å². The number of ether oxygens (including phenoxy) is 2. The van der Waals surface area contributed by atoms with Crippen molar-refractivity contribution >= 4 is 18.0 Å². The van der Waals surface area contributed by atoms with E-state index in [4.69, 9.17) is 4.79 Å². The second-order valence-electron chi connectivity index (χ2n) is 2.42. The number of hydrogen-bond acceptors (Lipinski definition) is 5. The summed E-state index contributed by atoms with van der Waals surface area (Å²) in [5.74, 6) is -1.28. The zero-order valence-electron chi connectivity index (χ0n) is 8.89. The molecule has 0 atom stereocenters. The molecule has 0 aromatic heterocycles. The predicted molar refractivity (Wildman–Crippen MR) is 55.8 cm³/mol. The summed E-state index contributed by atoms with van der Waals surface area (Å²) in [6.07, 6.45) is 0.969. The summed E-state index contributed by atoms with van der Waals surface area (Å²) in [5, 5.41) is 0. The molecule has 0 saturated carbocycles. The fraction of sp³-hybridized carbons (Fsp3) is 0.222. The first-order valence-electron chi connectivity index (χ1n) is 3.99. The molecule has 0 aromatic rings. The van der Waals surface area contributed by atoms with Crippen LogP contribution < -0.4 is 11.5 Å². The number of nitrogens with two attached hydrogens (primary N) is 2. The Morgan fingerprint density at radius 2 is 1.75 bits per heavy atom. The number of carbonyl (C=O) groups is 3. The first-order chi connectivity index (χ1) is 7.31. The van der Waals surface area contributed by atoms with Gasteiger partial charge >= 0.3 is 18.0 Å². The summed E-state index contributed by atoms with van der Waals surface area (Å²) in [6, 6.07) is -0.833. The van der Waals surface area contributed by atoms with E-state index in [-0.39, 0.29) is 5.57 Å². The van der Waals surface area contributed by atoms with E-state index < -0.39 is 24.6 Å². The van der Waals surface area contributed by atoms with E-state index in [1.54, 1.807) is 0 Å². The summed E-state index contributed by atoms with van der Waals surface area (Å²) in [6.45, 7) is 7.56. The zero-order valence-corrected chi connectivity index (χ0v) is 8.89. The average Bonchev–Trinajstić information content (AvgIpc) is 2.13. The van der Waals surface area contributed by atoms with Crippen LogP contribution in [0.2, 0.25) is 0 Å². The minimum Gasteiger partial charge on any atom is -0.450 e. The summed E-state index contributed by atoms with van der Waals surface area (Å²) >= 11 is 0. The molecule has 0 heterocycles. The quantitative estimate of drug-likeness (QED) is 0.394. The Balaban J connectivity index is 0. The maximum Gasteiger partial charge on any atom is 0.349 e. The highest BCUT2D eigenvalue weighted by molar-refractivity contribution is 5.88. The Kier molecular flexibility index (Phi) is 9.33. The van der Waals surface area contributed by atoms with Crippen molar-refractivity contribution in [2.24, 2.45) is 11.5 Å². The number of primary amides is 2. The number of rotatable bonds is 4. The van der Waals surface area contributed by atoms with E-state index >= 15 is 0 Å². The minimum absolute atomic E-state index is 0.237. The lowest BCUT2D eigenvalue weighted by Crippen LogP contribution is -2.18. The van der Waals surface area contributed by atoms with Crippen molar-refractivity contribution in [1.29, 1.82) is 0 Å². The van der Waals surface area contributed by atoms with Crippen LogP contribution in [0.4, 0.5) is 4.79 Å². The van der Waals surface area contributed by atoms with E-state index in [1.165, 1.54) is 6.92 Å². The Labute approximate surface area is 92.7 Å². The molecule has 0 saturated heterocycles. The van der Waals surface area contributed by atoms with Crippen molar-refractivity contribution in [1.82, 2.24) is 0 Å². The molecular weight excluding hydrogens is 216 g/mol. The van der Waals surface area contributed by atoms with E-state index in [9.17, 15) is 9.59 Å². The smallest absolute Gasteiger partial charge is 0.349 e. The van der Waals surface area contributed by atoms with Gasteiger partial charge in [0.2, 0.25) is 0 Å². The minimum atomic E-state index is -0.833. The van der Waals surface area contributed by atoms with Crippen molar-refractivity contribution in [2.75, 3.05) is 6.61 Å². The number of carbonyl (C=O) groups excluding carboxylic acids is 3. The molecule has 0 fully saturated rings. The largest absolute Gasteiger partial charge is 0.450 e. The fourth-order valence-electron chi connectivity index (χ4n) is 0.375. The molecule has 0 bridgehead atoms. The van der Waals surface area contributed by atoms with Crippen molar-refractivity contribution in [2.45, 2.75) is 6.92 Å². The molecule has 4 N–H and O–H groups in total. The van der Waals surface area contributed by atoms with Gasteiger partial charge in [-0.3, -0.25) is 0 Å². The van der Waals surface area contributed by atoms with Crippen LogP contribution in [0, 0.1) is 0 Å². The normalized spacial score (nSPS) is 7.81. The van der Waals surface area contributed by atoms with E-state index in [1.807, 2.05) is 0 Å². The van der Waals surface area contributed by atoms with Gasteiger partial charge in [-0.25, -0.2) is 14.4 Å². The van der Waals surface area contributed by atoms with Gasteiger partial charge in [-0.15, -0.1) is 0 Å². The van der Waals surface area contributed by atoms with Crippen LogP contribution in [0.3, 0.4) is 0 Å². The van der Waals surface area contributed by atoms with Gasteiger partial charge in [0, 0.05) is 5.57 Å². The molecule has 7 heteroatoms. The van der Waals surface area contributed by atoms with Crippen molar-refractivity contribution < 1.29 is 23.9 Å². The lowest BCUT2D eigenvalue weighted by Gasteiger charge is -2.01. The number of esters is 2. The van der Waals surface area contributed by atoms with Crippen LogP contribution in [-0.2, 0) is 19.1 Å². The van der Waals surface area contributed by atoms with Crippen LogP contribution in [-0.4, -0.2) is 24.6 Å². The summed E-state index contributed by atoms with van der Waals surface area (Å²) in [4.78, 5) is 30.3. The first-order valence-corrected chi connectivity index (χ1v) is 3.99. The zero-order chi connectivity index (χ0) is 13.1. The third kappa shape index (κ3) is 14.2. The van der Waals surface area contributed by atoms with Gasteiger partial charge in [0.05, 0.1) is 6.26 Å². The van der Waals surface area contributed by atoms with Crippen molar-refractivity contribution in [3.63, 3.8) is 0 Å². The lowest BCUT2D eigenvalue weighted by atomic mass is 10.4. The van der Waals surface area contributed by atoms with Gasteiger partial charge in [-0.05, 0) is 6.92 Å². The third-order valence-electron chi connectivity index (χ3n) is 0.884. The van der Waals surface area contributed by atoms with Gasteiger partial charge < -0.3 is 20.9 Å². The van der Waals surface area contributed by atoms with Crippen LogP contribution >= 0.6 is 0 Å². The van der Waals surface area contributed by atoms with E-state index in [0.29, 0.717) is 0 Å². The summed E-state index contributed by atoms with van der Waals surface area (Å²) < 4.78 is 8.75. The SMILES string of the molecule is C=COC(=O)COC(=O)C(=C)C.NC(N)=O. The predicted octanol–water partition coefficient (Wildman–Crippen LogP) is -0.184. The van der Waals surface area contributed by atoms with Crippen molar-refractivity contribution in [3.8, 4) is 0 Å². The van der Waals surface area contributed by atoms with Crippen LogP contribution in [0.1, 0.15) is 6.92 Å². The van der Waals surface area contributed by atoms with Crippen LogP contribution in [0.15, 0.2) is 25.0 Å². The Hall–Kier alpha value is -2.31. The van der Waals surface area contributed by atoms with Gasteiger partial charge in [0.1, 0.15) is 0 Å². The fourth-order valence-corrected chi connectivity index (χ4v) is 0.375. The molecule has 0 aromatic carbocycles. The Bertz CT molecular complexity index is 294. The molecule has 0 spiro atoms. The Morgan fingerprint density at radius 3 is 2.06 bits per heavy atom. The maximum atomic E-state index is 10.7. The van der Waals surface area contributed by atoms with Gasteiger partial charge in [-0.2, -0.15) is 0 Å². The third-order valence-corrected chi connectivity index (χ3v) is 0.884. The van der Waals surface area contributed by atoms with Crippen molar-refractivity contribution in [3.05, 3.63) is 25.0 Å². The molecule has 2 amide bonds. The molecule has 0 aliphatic carbocycles. The molecule has 0 aliphatic rings. The van der Waals surface area contributed by atoms with Crippen LogP contribution in [0.5, 0.6) is 0 Å². The highest BCUT2D eigenvalue weighted by atomic mass is 16.6. The summed E-state index contributed by atoms with van der Waals surface area (Å²) in [7, 11) is 0. The average molecular weight is 230 g/mol. The molecule has 0 radical (unpaired) electrons. The molecule has 0 rings (SSSR count). The highest BCUT2D eigenvalue weighted by Gasteiger charge is 2.07. The molecule has 7 nitrogen and oxygen atoms in total. The molecule has 90 valence electrons. The number of urea groups is 1. The second kappa shape index (κ2) is 9.25. The maximum absolute atomic E-state index is 10.7. The standard InChI is InChI=1S/C8H10O4.CH4N2O/c1-4-11-7(9)5-12-8(10)6(2)3;2-1(3)4/h4H,1-2,5H2,3H3;(H4,2,3,4). The summed E-state index contributed by atoms with van der Waals surface area (Å²) in [5.41, 5.74) is 8.74. The highest BCUT2D eigenvalue weighted by Crippen LogP contribution is 1.92. The topological polar surface area (TPSA) is 122 Å². The number of hydrogen-bond donors (Lipinski definition) is 2. The lowest BCUT2D eigenvalue weighted by molar-refractivity contribution is -0.152. The Morgan fingerprint density at radius 1 is 1.31 bits per heavy atom. The molecule has 16 heavy (non-hydrogen) atoms. The van der Waals surface area contributed by atoms with Gasteiger partial charge in [0.15, 0.2) is 6.61 Å². The molecular formula is C9H14N2O5. The van der Waals surface area contributed by atoms with E-state index in [2.05, 4.69) is 34.1 Å². The van der Waals surface area contributed by atoms with Crippen LogP contribution in [0.25, 0.3) is 0 Å². The molecule has 0 aliphatic heterocycles. The first kappa shape index (κ1) is 16.1. The molecule has 0 unspecified atom stereocenters. The van der Waals surface area contributed by atoms with Gasteiger partial charge in [-0.1, -0.05) is 13.2 Å². The second-order valence-corrected chi connectivity index (χ2v) is 2.42.